The molecular formula is C16H15N3O. The van der Waals surface area contributed by atoms with E-state index in [0.29, 0.717) is 13.3 Å². The summed E-state index contributed by atoms with van der Waals surface area (Å²) in [7, 11) is 0. The first-order chi connectivity index (χ1) is 9.92. The number of nitrogens with zero attached hydrogens (tertiary/aromatic N) is 3. The first-order valence-corrected chi connectivity index (χ1v) is 6.49. The molecule has 0 bridgehead atoms. The Morgan fingerprint density at radius 3 is 2.35 bits per heavy atom. The lowest BCUT2D eigenvalue weighted by molar-refractivity contribution is 0.0549. The van der Waals surface area contributed by atoms with E-state index in [4.69, 9.17) is 4.74 Å². The van der Waals surface area contributed by atoms with Crippen LogP contribution < -0.4 is 0 Å². The first kappa shape index (κ1) is 12.6. The van der Waals surface area contributed by atoms with Crippen LogP contribution >= 0.6 is 0 Å². The smallest absolute Gasteiger partial charge is 0.141 e. The van der Waals surface area contributed by atoms with Crippen molar-refractivity contribution >= 4 is 0 Å². The van der Waals surface area contributed by atoms with Crippen LogP contribution in [0.1, 0.15) is 5.56 Å². The van der Waals surface area contributed by atoms with Crippen LogP contribution in [-0.2, 0) is 18.1 Å². The number of ether oxygens (including phenoxy) is 1. The molecule has 0 fully saturated rings. The Hall–Kier alpha value is -2.46. The monoisotopic (exact) mass is 265 g/mol. The topological polar surface area (TPSA) is 39.9 Å². The fourth-order valence-corrected chi connectivity index (χ4v) is 1.93. The summed E-state index contributed by atoms with van der Waals surface area (Å²) in [6.45, 7) is 0.968. The molecule has 1 aromatic heterocycles. The van der Waals surface area contributed by atoms with Gasteiger partial charge in [0.15, 0.2) is 0 Å². The van der Waals surface area contributed by atoms with Crippen LogP contribution in [0.4, 0.5) is 0 Å². The lowest BCUT2D eigenvalue weighted by atomic mass is 10.2. The second-order valence-electron chi connectivity index (χ2n) is 4.47. The van der Waals surface area contributed by atoms with E-state index in [9.17, 15) is 0 Å². The molecular weight excluding hydrogens is 250 g/mol. The van der Waals surface area contributed by atoms with E-state index in [2.05, 4.69) is 10.3 Å². The molecule has 0 atom stereocenters. The van der Waals surface area contributed by atoms with Gasteiger partial charge in [-0.2, -0.15) is 0 Å². The maximum atomic E-state index is 5.62. The van der Waals surface area contributed by atoms with Crippen LogP contribution in [0, 0.1) is 0 Å². The zero-order valence-electron chi connectivity index (χ0n) is 11.0. The quantitative estimate of drug-likeness (QED) is 0.711. The summed E-state index contributed by atoms with van der Waals surface area (Å²) in [5.41, 5.74) is 3.06. The van der Waals surface area contributed by atoms with E-state index in [0.717, 1.165) is 16.8 Å². The van der Waals surface area contributed by atoms with Gasteiger partial charge in [-0.15, -0.1) is 5.10 Å². The molecule has 0 saturated heterocycles. The van der Waals surface area contributed by atoms with Crippen molar-refractivity contribution in [1.82, 2.24) is 15.0 Å². The van der Waals surface area contributed by atoms with Gasteiger partial charge in [0.1, 0.15) is 12.4 Å². The zero-order chi connectivity index (χ0) is 13.6. The number of hydrogen-bond acceptors (Lipinski definition) is 3. The molecule has 0 aliphatic carbocycles. The highest BCUT2D eigenvalue weighted by atomic mass is 16.5. The minimum absolute atomic E-state index is 0.398. The van der Waals surface area contributed by atoms with E-state index in [1.807, 2.05) is 66.9 Å². The minimum atomic E-state index is 0.398. The fourth-order valence-electron chi connectivity index (χ4n) is 1.93. The molecule has 2 aromatic carbocycles. The van der Waals surface area contributed by atoms with Gasteiger partial charge in [-0.25, -0.2) is 4.68 Å². The average molecular weight is 265 g/mol. The zero-order valence-corrected chi connectivity index (χ0v) is 11.0. The van der Waals surface area contributed by atoms with Gasteiger partial charge in [-0.05, 0) is 5.56 Å². The Morgan fingerprint density at radius 1 is 0.900 bits per heavy atom. The fraction of sp³-hybridized carbons (Fsp3) is 0.125. The molecule has 100 valence electrons. The third-order valence-corrected chi connectivity index (χ3v) is 2.94. The van der Waals surface area contributed by atoms with Crippen molar-refractivity contribution in [2.75, 3.05) is 0 Å². The van der Waals surface area contributed by atoms with Crippen molar-refractivity contribution in [3.63, 3.8) is 0 Å². The molecule has 0 unspecified atom stereocenters. The molecule has 0 spiro atoms. The third kappa shape index (κ3) is 3.10. The predicted molar refractivity (Wildman–Crippen MR) is 76.7 cm³/mol. The van der Waals surface area contributed by atoms with Crippen molar-refractivity contribution in [1.29, 1.82) is 0 Å². The SMILES string of the molecule is c1ccc(COCn2cc(-c3ccccc3)nn2)cc1. The Morgan fingerprint density at radius 2 is 1.60 bits per heavy atom. The average Bonchev–Trinajstić information content (AvgIpc) is 2.98. The van der Waals surface area contributed by atoms with E-state index < -0.39 is 0 Å². The van der Waals surface area contributed by atoms with Crippen molar-refractivity contribution < 1.29 is 4.74 Å². The van der Waals surface area contributed by atoms with Gasteiger partial charge in [0.2, 0.25) is 0 Å². The van der Waals surface area contributed by atoms with Crippen LogP contribution in [0.25, 0.3) is 11.3 Å². The highest BCUT2D eigenvalue weighted by Gasteiger charge is 2.02. The maximum absolute atomic E-state index is 5.62. The Labute approximate surface area is 117 Å². The second-order valence-corrected chi connectivity index (χ2v) is 4.47. The molecule has 3 aromatic rings. The lowest BCUT2D eigenvalue weighted by Gasteiger charge is -2.03. The van der Waals surface area contributed by atoms with Crippen LogP contribution in [0.15, 0.2) is 66.9 Å². The summed E-state index contributed by atoms with van der Waals surface area (Å²) in [6, 6.07) is 20.1. The maximum Gasteiger partial charge on any atom is 0.141 e. The molecule has 0 aliphatic rings. The van der Waals surface area contributed by atoms with E-state index >= 15 is 0 Å². The van der Waals surface area contributed by atoms with E-state index in [1.165, 1.54) is 0 Å². The predicted octanol–water partition coefficient (Wildman–Crippen LogP) is 3.12. The molecule has 3 rings (SSSR count). The van der Waals surface area contributed by atoms with Gasteiger partial charge in [0.05, 0.1) is 12.8 Å². The summed E-state index contributed by atoms with van der Waals surface area (Å²) in [5, 5.41) is 8.21. The van der Waals surface area contributed by atoms with Crippen molar-refractivity contribution in [2.45, 2.75) is 13.3 Å². The minimum Gasteiger partial charge on any atom is -0.355 e. The summed E-state index contributed by atoms with van der Waals surface area (Å²) in [4.78, 5) is 0. The van der Waals surface area contributed by atoms with Gasteiger partial charge < -0.3 is 4.74 Å². The number of aromatic nitrogens is 3. The second kappa shape index (κ2) is 6.12. The number of benzene rings is 2. The first-order valence-electron chi connectivity index (χ1n) is 6.49. The lowest BCUT2D eigenvalue weighted by Crippen LogP contribution is -2.03. The molecule has 0 amide bonds. The van der Waals surface area contributed by atoms with Gasteiger partial charge in [-0.1, -0.05) is 65.9 Å². The van der Waals surface area contributed by atoms with E-state index in [1.54, 1.807) is 4.68 Å². The van der Waals surface area contributed by atoms with Crippen LogP contribution in [0.5, 0.6) is 0 Å². The van der Waals surface area contributed by atoms with E-state index in [-0.39, 0.29) is 0 Å². The summed E-state index contributed by atoms with van der Waals surface area (Å²) in [5.74, 6) is 0. The standard InChI is InChI=1S/C16H15N3O/c1-3-7-14(8-4-1)12-20-13-19-11-16(17-18-19)15-9-5-2-6-10-15/h1-11H,12-13H2. The van der Waals surface area contributed by atoms with Crippen molar-refractivity contribution in [3.05, 3.63) is 72.4 Å². The molecule has 0 saturated carbocycles. The van der Waals surface area contributed by atoms with Crippen LogP contribution in [0.2, 0.25) is 0 Å². The van der Waals surface area contributed by atoms with Gasteiger partial charge >= 0.3 is 0 Å². The molecule has 4 heteroatoms. The molecule has 20 heavy (non-hydrogen) atoms. The normalized spacial score (nSPS) is 10.6. The Balaban J connectivity index is 1.58. The van der Waals surface area contributed by atoms with Gasteiger partial charge in [0.25, 0.3) is 0 Å². The molecule has 0 N–H and O–H groups in total. The number of rotatable bonds is 5. The summed E-state index contributed by atoms with van der Waals surface area (Å²) >= 11 is 0. The van der Waals surface area contributed by atoms with Crippen LogP contribution in [-0.4, -0.2) is 15.0 Å². The van der Waals surface area contributed by atoms with Gasteiger partial charge in [-0.3, -0.25) is 0 Å². The van der Waals surface area contributed by atoms with Gasteiger partial charge in [0, 0.05) is 5.56 Å². The largest absolute Gasteiger partial charge is 0.355 e. The molecule has 4 nitrogen and oxygen atoms in total. The highest BCUT2D eigenvalue weighted by Crippen LogP contribution is 2.14. The molecule has 0 radical (unpaired) electrons. The third-order valence-electron chi connectivity index (χ3n) is 2.94. The van der Waals surface area contributed by atoms with Crippen LogP contribution in [0.3, 0.4) is 0 Å². The molecule has 0 aliphatic heterocycles. The highest BCUT2D eigenvalue weighted by molar-refractivity contribution is 5.56. The van der Waals surface area contributed by atoms with Crippen molar-refractivity contribution in [2.24, 2.45) is 0 Å². The Kier molecular flexibility index (Phi) is 3.85. The molecule has 1 heterocycles. The Bertz CT molecular complexity index is 650. The van der Waals surface area contributed by atoms with Crippen molar-refractivity contribution in [3.8, 4) is 11.3 Å². The summed E-state index contributed by atoms with van der Waals surface area (Å²) in [6.07, 6.45) is 1.89. The number of hydrogen-bond donors (Lipinski definition) is 0. The summed E-state index contributed by atoms with van der Waals surface area (Å²) < 4.78 is 7.32.